The molecule has 0 radical (unpaired) electrons. The van der Waals surface area contributed by atoms with Crippen LogP contribution in [0.5, 0.6) is 0 Å². The molecule has 1 N–H and O–H groups in total. The highest BCUT2D eigenvalue weighted by Gasteiger charge is 2.28. The van der Waals surface area contributed by atoms with E-state index in [-0.39, 0.29) is 37.2 Å². The summed E-state index contributed by atoms with van der Waals surface area (Å²) >= 11 is 0. The summed E-state index contributed by atoms with van der Waals surface area (Å²) in [5.74, 6) is -0.370. The number of nitrogens with one attached hydrogen (secondary N) is 1. The molecule has 0 spiro atoms. The summed E-state index contributed by atoms with van der Waals surface area (Å²) < 4.78 is 5.64. The van der Waals surface area contributed by atoms with Gasteiger partial charge in [-0.3, -0.25) is 14.4 Å². The quantitative estimate of drug-likeness (QED) is 0.532. The largest absolute Gasteiger partial charge is 0.456 e. The van der Waals surface area contributed by atoms with E-state index in [0.717, 1.165) is 5.56 Å². The van der Waals surface area contributed by atoms with Crippen LogP contribution in [0.4, 0.5) is 5.95 Å². The molecule has 9 heteroatoms. The molecule has 2 amide bonds. The van der Waals surface area contributed by atoms with Crippen LogP contribution >= 0.6 is 0 Å². The van der Waals surface area contributed by atoms with E-state index >= 15 is 0 Å². The van der Waals surface area contributed by atoms with Gasteiger partial charge in [0.25, 0.3) is 0 Å². The third-order valence-electron chi connectivity index (χ3n) is 6.27. The van der Waals surface area contributed by atoms with Crippen LogP contribution in [0.15, 0.2) is 60.9 Å². The highest BCUT2D eigenvalue weighted by Crippen LogP contribution is 2.20. The molecule has 0 aliphatic carbocycles. The van der Waals surface area contributed by atoms with Crippen molar-refractivity contribution >= 4 is 23.7 Å². The van der Waals surface area contributed by atoms with Crippen LogP contribution < -0.4 is 10.2 Å². The van der Waals surface area contributed by atoms with Gasteiger partial charge < -0.3 is 19.9 Å². The Labute approximate surface area is 205 Å². The van der Waals surface area contributed by atoms with Gasteiger partial charge in [-0.05, 0) is 24.5 Å². The lowest BCUT2D eigenvalue weighted by molar-refractivity contribution is -0.150. The van der Waals surface area contributed by atoms with E-state index < -0.39 is 12.0 Å². The summed E-state index contributed by atoms with van der Waals surface area (Å²) in [6.45, 7) is 2.59. The molecule has 1 aromatic heterocycles. The molecule has 0 unspecified atom stereocenters. The molecule has 1 fully saturated rings. The first-order valence-corrected chi connectivity index (χ1v) is 12.1. The van der Waals surface area contributed by atoms with Crippen LogP contribution in [0.25, 0.3) is 0 Å². The van der Waals surface area contributed by atoms with E-state index in [1.807, 2.05) is 42.5 Å². The van der Waals surface area contributed by atoms with Gasteiger partial charge in [0.1, 0.15) is 6.10 Å². The number of amides is 2. The van der Waals surface area contributed by atoms with Gasteiger partial charge in [0.2, 0.25) is 17.8 Å². The third kappa shape index (κ3) is 6.88. The Bertz CT molecular complexity index is 1020. The van der Waals surface area contributed by atoms with E-state index in [2.05, 4.69) is 20.2 Å². The van der Waals surface area contributed by atoms with Crippen LogP contribution in [-0.2, 0) is 19.1 Å². The second-order valence-corrected chi connectivity index (χ2v) is 8.70. The van der Waals surface area contributed by atoms with Crippen LogP contribution in [-0.4, -0.2) is 65.4 Å². The zero-order valence-corrected chi connectivity index (χ0v) is 19.7. The summed E-state index contributed by atoms with van der Waals surface area (Å²) in [5.41, 5.74) is 0.821. The number of esters is 1. The van der Waals surface area contributed by atoms with Crippen molar-refractivity contribution in [2.45, 2.75) is 31.8 Å². The standard InChI is InChI=1S/C26H31N5O4/c32-23(30-14-16-31(17-15-30)26-27-12-7-13-28-26)18-21-10-5-2-6-11-24(33)35-22(19-29-25(21)34)20-8-3-1-4-9-20/h1-5,7-9,12-13,21-22H,6,10-11,14-19H2,(H,29,34)/t21-,22-/m0/s1. The molecular weight excluding hydrogens is 446 g/mol. The third-order valence-corrected chi connectivity index (χ3v) is 6.27. The van der Waals surface area contributed by atoms with Crippen LogP contribution in [0.3, 0.4) is 0 Å². The van der Waals surface area contributed by atoms with Crippen LogP contribution in [0.2, 0.25) is 0 Å². The minimum absolute atomic E-state index is 0.0367. The number of hydrogen-bond donors (Lipinski definition) is 1. The fraction of sp³-hybridized carbons (Fsp3) is 0.423. The van der Waals surface area contributed by atoms with Crippen LogP contribution in [0.1, 0.15) is 37.4 Å². The van der Waals surface area contributed by atoms with Gasteiger partial charge in [-0.25, -0.2) is 9.97 Å². The molecule has 2 aliphatic rings. The number of allylic oxidation sites excluding steroid dienone is 2. The Balaban J connectivity index is 1.37. The SMILES string of the molecule is O=C1CCC=CC[C@@H](CC(=O)N2CCN(c3ncccn3)CC2)C(=O)NC[C@@H](c2ccccc2)O1. The highest BCUT2D eigenvalue weighted by atomic mass is 16.5. The average molecular weight is 478 g/mol. The second-order valence-electron chi connectivity index (χ2n) is 8.70. The molecule has 0 saturated carbocycles. The highest BCUT2D eigenvalue weighted by molar-refractivity contribution is 5.86. The number of cyclic esters (lactones) is 1. The Morgan fingerprint density at radius 2 is 1.74 bits per heavy atom. The molecule has 4 rings (SSSR count). The van der Waals surface area contributed by atoms with Crippen molar-refractivity contribution in [3.63, 3.8) is 0 Å². The predicted molar refractivity (Wildman–Crippen MR) is 130 cm³/mol. The number of carbonyl (C=O) groups excluding carboxylic acids is 3. The Kier molecular flexibility index (Phi) is 8.43. The first-order chi connectivity index (χ1) is 17.1. The van der Waals surface area contributed by atoms with Crippen molar-refractivity contribution in [1.82, 2.24) is 20.2 Å². The minimum atomic E-state index is -0.569. The van der Waals surface area contributed by atoms with Crippen molar-refractivity contribution in [1.29, 1.82) is 0 Å². The summed E-state index contributed by atoms with van der Waals surface area (Å²) in [6.07, 6.45) is 7.99. The Hall–Kier alpha value is -3.75. The van der Waals surface area contributed by atoms with Crippen molar-refractivity contribution in [3.8, 4) is 0 Å². The van der Waals surface area contributed by atoms with Gasteiger partial charge in [-0.1, -0.05) is 42.5 Å². The summed E-state index contributed by atoms with van der Waals surface area (Å²) in [5, 5.41) is 2.91. The maximum atomic E-state index is 13.1. The van der Waals surface area contributed by atoms with Gasteiger partial charge in [0.05, 0.1) is 12.5 Å². The first kappa shape index (κ1) is 24.4. The van der Waals surface area contributed by atoms with E-state index in [4.69, 9.17) is 4.74 Å². The lowest BCUT2D eigenvalue weighted by Crippen LogP contribution is -2.50. The molecule has 184 valence electrons. The number of hydrogen-bond acceptors (Lipinski definition) is 7. The van der Waals surface area contributed by atoms with Crippen molar-refractivity contribution < 1.29 is 19.1 Å². The zero-order valence-electron chi connectivity index (χ0n) is 19.7. The summed E-state index contributed by atoms with van der Waals surface area (Å²) in [4.78, 5) is 50.8. The smallest absolute Gasteiger partial charge is 0.306 e. The topological polar surface area (TPSA) is 105 Å². The van der Waals surface area contributed by atoms with E-state index in [9.17, 15) is 14.4 Å². The summed E-state index contributed by atoms with van der Waals surface area (Å²) in [6, 6.07) is 11.1. The molecule has 2 aromatic rings. The Morgan fingerprint density at radius 1 is 1.00 bits per heavy atom. The van der Waals surface area contributed by atoms with E-state index in [1.165, 1.54) is 0 Å². The van der Waals surface area contributed by atoms with Crippen molar-refractivity contribution in [2.75, 3.05) is 37.6 Å². The number of rotatable bonds is 4. The number of aromatic nitrogens is 2. The predicted octanol–water partition coefficient (Wildman–Crippen LogP) is 2.27. The van der Waals surface area contributed by atoms with Gasteiger partial charge in [0, 0.05) is 51.4 Å². The molecule has 3 heterocycles. The first-order valence-electron chi connectivity index (χ1n) is 12.1. The lowest BCUT2D eigenvalue weighted by Gasteiger charge is -2.35. The fourth-order valence-electron chi connectivity index (χ4n) is 4.26. The average Bonchev–Trinajstić information content (AvgIpc) is 2.90. The molecule has 9 nitrogen and oxygen atoms in total. The number of piperazine rings is 1. The molecular formula is C26H31N5O4. The molecule has 2 atom stereocenters. The minimum Gasteiger partial charge on any atom is -0.456 e. The maximum Gasteiger partial charge on any atom is 0.306 e. The molecule has 1 saturated heterocycles. The number of ether oxygens (including phenoxy) is 1. The molecule has 1 aromatic carbocycles. The molecule has 35 heavy (non-hydrogen) atoms. The zero-order chi connectivity index (χ0) is 24.5. The summed E-state index contributed by atoms with van der Waals surface area (Å²) in [7, 11) is 0. The second kappa shape index (κ2) is 12.1. The van der Waals surface area contributed by atoms with Crippen molar-refractivity contribution in [3.05, 3.63) is 66.5 Å². The lowest BCUT2D eigenvalue weighted by atomic mass is 9.98. The van der Waals surface area contributed by atoms with E-state index in [1.54, 1.807) is 23.4 Å². The number of carbonyl (C=O) groups is 3. The van der Waals surface area contributed by atoms with Crippen LogP contribution in [0, 0.1) is 5.92 Å². The molecule has 0 bridgehead atoms. The van der Waals surface area contributed by atoms with Gasteiger partial charge >= 0.3 is 5.97 Å². The molecule has 2 aliphatic heterocycles. The van der Waals surface area contributed by atoms with Gasteiger partial charge in [0.15, 0.2) is 0 Å². The number of anilines is 1. The monoisotopic (exact) mass is 477 g/mol. The number of benzene rings is 1. The normalized spacial score (nSPS) is 21.9. The Morgan fingerprint density at radius 3 is 2.49 bits per heavy atom. The van der Waals surface area contributed by atoms with E-state index in [0.29, 0.717) is 45.0 Å². The maximum absolute atomic E-state index is 13.1. The fourth-order valence-corrected chi connectivity index (χ4v) is 4.26. The van der Waals surface area contributed by atoms with Gasteiger partial charge in [-0.2, -0.15) is 0 Å². The van der Waals surface area contributed by atoms with Gasteiger partial charge in [-0.15, -0.1) is 0 Å². The number of nitrogens with zero attached hydrogens (tertiary/aromatic N) is 4. The van der Waals surface area contributed by atoms with Crippen molar-refractivity contribution in [2.24, 2.45) is 5.92 Å².